The summed E-state index contributed by atoms with van der Waals surface area (Å²) in [6.45, 7) is 1.76. The number of pyridine rings is 1. The molecule has 0 spiro atoms. The van der Waals surface area contributed by atoms with Gasteiger partial charge in [-0.3, -0.25) is 10.1 Å². The number of ether oxygens (including phenoxy) is 2. The molecule has 1 atom stereocenters. The van der Waals surface area contributed by atoms with Crippen LogP contribution in [0.25, 0.3) is 5.52 Å². The van der Waals surface area contributed by atoms with Gasteiger partial charge in [0.05, 0.1) is 20.1 Å². The van der Waals surface area contributed by atoms with Gasteiger partial charge in [0.25, 0.3) is 0 Å². The van der Waals surface area contributed by atoms with Crippen LogP contribution >= 0.6 is 0 Å². The molecule has 0 saturated heterocycles. The van der Waals surface area contributed by atoms with Gasteiger partial charge in [0.2, 0.25) is 6.54 Å². The molecule has 0 aliphatic carbocycles. The van der Waals surface area contributed by atoms with E-state index in [9.17, 15) is 10.1 Å². The summed E-state index contributed by atoms with van der Waals surface area (Å²) < 4.78 is 12.7. The van der Waals surface area contributed by atoms with Crippen LogP contribution in [0.2, 0.25) is 0 Å². The first-order valence-corrected chi connectivity index (χ1v) is 7.95. The van der Waals surface area contributed by atoms with E-state index in [0.29, 0.717) is 11.5 Å². The summed E-state index contributed by atoms with van der Waals surface area (Å²) in [4.78, 5) is 11.1. The number of aryl methyl sites for hydroxylation is 1. The number of nitro groups is 1. The molecule has 0 N–H and O–H groups in total. The number of fused-ring (bicyclic) bond motifs is 1. The molecular formula is C19H20N2O4. The van der Waals surface area contributed by atoms with Crippen LogP contribution in [0.3, 0.4) is 0 Å². The Kier molecular flexibility index (Phi) is 4.61. The molecule has 0 bridgehead atoms. The molecule has 2 heterocycles. The van der Waals surface area contributed by atoms with E-state index in [-0.39, 0.29) is 11.5 Å². The summed E-state index contributed by atoms with van der Waals surface area (Å²) in [6, 6.07) is 13.3. The van der Waals surface area contributed by atoms with Crippen LogP contribution in [0, 0.1) is 17.0 Å². The smallest absolute Gasteiger partial charge is 0.216 e. The molecule has 0 fully saturated rings. The third kappa shape index (κ3) is 3.15. The minimum absolute atomic E-state index is 0.218. The van der Waals surface area contributed by atoms with Crippen LogP contribution in [0.5, 0.6) is 11.5 Å². The van der Waals surface area contributed by atoms with E-state index < -0.39 is 5.92 Å². The average molecular weight is 340 g/mol. The number of hydrogen-bond donors (Lipinski definition) is 0. The van der Waals surface area contributed by atoms with Gasteiger partial charge in [-0.2, -0.15) is 0 Å². The maximum Gasteiger partial charge on any atom is 0.216 e. The van der Waals surface area contributed by atoms with Gasteiger partial charge in [-0.15, -0.1) is 0 Å². The molecule has 130 valence electrons. The third-order valence-electron chi connectivity index (χ3n) is 4.40. The maximum atomic E-state index is 11.4. The fourth-order valence-corrected chi connectivity index (χ4v) is 3.31. The summed E-state index contributed by atoms with van der Waals surface area (Å²) in [5.41, 5.74) is 3.69. The lowest BCUT2D eigenvalue weighted by Crippen LogP contribution is -2.17. The fourth-order valence-electron chi connectivity index (χ4n) is 3.31. The molecule has 6 nitrogen and oxygen atoms in total. The lowest BCUT2D eigenvalue weighted by molar-refractivity contribution is -0.482. The first-order chi connectivity index (χ1) is 12.0. The molecule has 0 aliphatic rings. The SMILES string of the molecule is COc1ccc([C@@H](C[N+](=O)[O-])c2c(C)cc3ccccn23)c(OC)c1. The van der Waals surface area contributed by atoms with Gasteiger partial charge < -0.3 is 13.9 Å². The zero-order valence-electron chi connectivity index (χ0n) is 14.4. The minimum atomic E-state index is -0.430. The summed E-state index contributed by atoms with van der Waals surface area (Å²) in [5, 5.41) is 11.4. The van der Waals surface area contributed by atoms with Crippen LogP contribution in [-0.2, 0) is 0 Å². The van der Waals surface area contributed by atoms with E-state index in [1.165, 1.54) is 0 Å². The van der Waals surface area contributed by atoms with Crippen molar-refractivity contribution in [3.63, 3.8) is 0 Å². The molecule has 0 radical (unpaired) electrons. The van der Waals surface area contributed by atoms with Crippen LogP contribution in [0.4, 0.5) is 0 Å². The Bertz CT molecular complexity index is 917. The second-order valence-corrected chi connectivity index (χ2v) is 5.88. The molecule has 2 aromatic heterocycles. The van der Waals surface area contributed by atoms with E-state index in [2.05, 4.69) is 0 Å². The van der Waals surface area contributed by atoms with E-state index in [1.807, 2.05) is 47.9 Å². The average Bonchev–Trinajstić information content (AvgIpc) is 2.94. The number of aromatic nitrogens is 1. The highest BCUT2D eigenvalue weighted by Gasteiger charge is 2.28. The molecule has 0 amide bonds. The van der Waals surface area contributed by atoms with Crippen molar-refractivity contribution in [1.82, 2.24) is 4.40 Å². The largest absolute Gasteiger partial charge is 0.497 e. The number of hydrogen-bond acceptors (Lipinski definition) is 4. The van der Waals surface area contributed by atoms with Crippen molar-refractivity contribution < 1.29 is 14.4 Å². The third-order valence-corrected chi connectivity index (χ3v) is 4.40. The topological polar surface area (TPSA) is 66.0 Å². The monoisotopic (exact) mass is 340 g/mol. The van der Waals surface area contributed by atoms with Crippen molar-refractivity contribution in [2.75, 3.05) is 20.8 Å². The van der Waals surface area contributed by atoms with Crippen molar-refractivity contribution in [3.8, 4) is 11.5 Å². The number of methoxy groups -OCH3 is 2. The molecular weight excluding hydrogens is 320 g/mol. The Hall–Kier alpha value is -3.02. The van der Waals surface area contributed by atoms with Gasteiger partial charge in [-0.1, -0.05) is 12.1 Å². The molecule has 0 unspecified atom stereocenters. The Morgan fingerprint density at radius 3 is 2.64 bits per heavy atom. The maximum absolute atomic E-state index is 11.4. The molecule has 3 aromatic rings. The van der Waals surface area contributed by atoms with E-state index in [0.717, 1.165) is 22.3 Å². The summed E-state index contributed by atoms with van der Waals surface area (Å²) in [7, 11) is 3.14. The quantitative estimate of drug-likeness (QED) is 0.507. The van der Waals surface area contributed by atoms with E-state index in [4.69, 9.17) is 9.47 Å². The zero-order valence-corrected chi connectivity index (χ0v) is 14.4. The number of nitrogens with zero attached hydrogens (tertiary/aromatic N) is 2. The van der Waals surface area contributed by atoms with Crippen molar-refractivity contribution in [3.05, 3.63) is 75.6 Å². The number of rotatable bonds is 6. The lowest BCUT2D eigenvalue weighted by atomic mass is 9.92. The first-order valence-electron chi connectivity index (χ1n) is 7.95. The Morgan fingerprint density at radius 2 is 1.96 bits per heavy atom. The van der Waals surface area contributed by atoms with Crippen molar-refractivity contribution in [1.29, 1.82) is 0 Å². The van der Waals surface area contributed by atoms with Gasteiger partial charge in [-0.05, 0) is 36.8 Å². The van der Waals surface area contributed by atoms with E-state index >= 15 is 0 Å². The highest BCUT2D eigenvalue weighted by Crippen LogP contribution is 2.37. The summed E-state index contributed by atoms with van der Waals surface area (Å²) >= 11 is 0. The molecule has 3 rings (SSSR count). The van der Waals surface area contributed by atoms with Gasteiger partial charge in [-0.25, -0.2) is 0 Å². The van der Waals surface area contributed by atoms with Gasteiger partial charge >= 0.3 is 0 Å². The minimum Gasteiger partial charge on any atom is -0.497 e. The highest BCUT2D eigenvalue weighted by atomic mass is 16.6. The van der Waals surface area contributed by atoms with Gasteiger partial charge in [0, 0.05) is 34.0 Å². The Labute approximate surface area is 145 Å². The fraction of sp³-hybridized carbons (Fsp3) is 0.263. The van der Waals surface area contributed by atoms with Crippen LogP contribution in [-0.4, -0.2) is 30.1 Å². The molecule has 1 aromatic carbocycles. The van der Waals surface area contributed by atoms with Crippen LogP contribution < -0.4 is 9.47 Å². The van der Waals surface area contributed by atoms with Gasteiger partial charge in [0.1, 0.15) is 11.5 Å². The predicted molar refractivity (Wildman–Crippen MR) is 95.4 cm³/mol. The van der Waals surface area contributed by atoms with Crippen molar-refractivity contribution in [2.45, 2.75) is 12.8 Å². The van der Waals surface area contributed by atoms with Crippen molar-refractivity contribution >= 4 is 5.52 Å². The van der Waals surface area contributed by atoms with Crippen LogP contribution in [0.1, 0.15) is 22.7 Å². The number of benzene rings is 1. The van der Waals surface area contributed by atoms with Crippen molar-refractivity contribution in [2.24, 2.45) is 0 Å². The van der Waals surface area contributed by atoms with Gasteiger partial charge in [0.15, 0.2) is 0 Å². The lowest BCUT2D eigenvalue weighted by Gasteiger charge is -2.19. The molecule has 0 aliphatic heterocycles. The Balaban J connectivity index is 2.22. The summed E-state index contributed by atoms with van der Waals surface area (Å²) in [5.74, 6) is 0.800. The first kappa shape index (κ1) is 16.8. The van der Waals surface area contributed by atoms with E-state index in [1.54, 1.807) is 26.4 Å². The summed E-state index contributed by atoms with van der Waals surface area (Å²) in [6.07, 6.45) is 1.93. The standard InChI is InChI=1S/C19H20N2O4/c1-13-10-14-6-4-5-9-20(14)19(13)17(12-21(22)23)16-8-7-15(24-2)11-18(16)25-3/h4-11,17H,12H2,1-3H3/t17-/m1/s1. The second-order valence-electron chi connectivity index (χ2n) is 5.88. The molecule has 25 heavy (non-hydrogen) atoms. The van der Waals surface area contributed by atoms with Crippen LogP contribution in [0.15, 0.2) is 48.7 Å². The predicted octanol–water partition coefficient (Wildman–Crippen LogP) is 3.67. The normalized spacial score (nSPS) is 12.1. The highest BCUT2D eigenvalue weighted by molar-refractivity contribution is 5.56. The molecule has 6 heteroatoms. The zero-order chi connectivity index (χ0) is 18.0. The molecule has 0 saturated carbocycles. The Morgan fingerprint density at radius 1 is 1.16 bits per heavy atom. The second kappa shape index (κ2) is 6.84.